The number of aryl methyl sites for hydroxylation is 1. The monoisotopic (exact) mass is 357 g/mol. The van der Waals surface area contributed by atoms with Gasteiger partial charge in [-0.1, -0.05) is 11.6 Å². The summed E-state index contributed by atoms with van der Waals surface area (Å²) in [5.41, 5.74) is 0.975. The summed E-state index contributed by atoms with van der Waals surface area (Å²) in [5.74, 6) is 2.26. The molecule has 4 rings (SSSR count). The van der Waals surface area contributed by atoms with Gasteiger partial charge in [-0.2, -0.15) is 0 Å². The van der Waals surface area contributed by atoms with Gasteiger partial charge in [0, 0.05) is 44.8 Å². The highest BCUT2D eigenvalue weighted by Crippen LogP contribution is 2.29. The maximum Gasteiger partial charge on any atom is 0.145 e. The van der Waals surface area contributed by atoms with E-state index in [1.807, 2.05) is 23.9 Å². The first kappa shape index (κ1) is 16.1. The van der Waals surface area contributed by atoms with Crippen molar-refractivity contribution in [2.45, 2.75) is 12.8 Å². The molecule has 0 N–H and O–H groups in total. The van der Waals surface area contributed by atoms with Crippen molar-refractivity contribution in [3.63, 3.8) is 0 Å². The van der Waals surface area contributed by atoms with Crippen molar-refractivity contribution in [3.05, 3.63) is 42.1 Å². The second-order valence-corrected chi connectivity index (χ2v) is 6.82. The van der Waals surface area contributed by atoms with Crippen LogP contribution < -0.4 is 9.64 Å². The third kappa shape index (κ3) is 3.26. The summed E-state index contributed by atoms with van der Waals surface area (Å²) < 4.78 is 7.90. The first-order chi connectivity index (χ1) is 12.2. The van der Waals surface area contributed by atoms with Crippen molar-refractivity contribution in [3.8, 4) is 5.75 Å². The van der Waals surface area contributed by atoms with Gasteiger partial charge in [-0.05, 0) is 24.8 Å². The van der Waals surface area contributed by atoms with Crippen LogP contribution in [0.15, 0.2) is 37.1 Å². The summed E-state index contributed by atoms with van der Waals surface area (Å²) in [6, 6.07) is 3.90. The van der Waals surface area contributed by atoms with Crippen LogP contribution in [0.4, 0.5) is 5.82 Å². The Morgan fingerprint density at radius 1 is 1.24 bits per heavy atom. The van der Waals surface area contributed by atoms with Gasteiger partial charge in [0.15, 0.2) is 0 Å². The first-order valence-electron chi connectivity index (χ1n) is 8.45. The zero-order valence-electron chi connectivity index (χ0n) is 14.1. The van der Waals surface area contributed by atoms with E-state index in [1.54, 1.807) is 18.7 Å². The number of hydrogen-bond acceptors (Lipinski definition) is 5. The topological polar surface area (TPSA) is 56.1 Å². The average molecular weight is 358 g/mol. The van der Waals surface area contributed by atoms with Crippen LogP contribution in [0.3, 0.4) is 0 Å². The number of nitrogens with zero attached hydrogens (tertiary/aromatic N) is 5. The lowest BCUT2D eigenvalue weighted by atomic mass is 9.97. The van der Waals surface area contributed by atoms with Crippen LogP contribution in [0, 0.1) is 5.92 Å². The molecule has 3 aromatic heterocycles. The molecular formula is C18H20ClN5O. The molecule has 4 heterocycles. The minimum absolute atomic E-state index is 0.522. The largest absolute Gasteiger partial charge is 0.492 e. The van der Waals surface area contributed by atoms with E-state index in [-0.39, 0.29) is 0 Å². The fourth-order valence-electron chi connectivity index (χ4n) is 3.31. The number of piperidine rings is 1. The molecule has 0 aromatic carbocycles. The minimum Gasteiger partial charge on any atom is -0.492 e. The van der Waals surface area contributed by atoms with Crippen LogP contribution in [0.25, 0.3) is 11.0 Å². The lowest BCUT2D eigenvalue weighted by molar-refractivity contribution is 0.222. The molecule has 0 aliphatic carbocycles. The van der Waals surface area contributed by atoms with Crippen LogP contribution in [0.5, 0.6) is 5.75 Å². The molecule has 0 unspecified atom stereocenters. The van der Waals surface area contributed by atoms with Crippen LogP contribution in [0.2, 0.25) is 5.02 Å². The molecule has 0 radical (unpaired) electrons. The Bertz CT molecular complexity index is 873. The lowest BCUT2D eigenvalue weighted by Crippen LogP contribution is -2.36. The Labute approximate surface area is 151 Å². The van der Waals surface area contributed by atoms with Crippen LogP contribution in [-0.4, -0.2) is 39.2 Å². The Morgan fingerprint density at radius 2 is 2.08 bits per heavy atom. The summed E-state index contributed by atoms with van der Waals surface area (Å²) in [7, 11) is 2.01. The number of ether oxygens (including phenoxy) is 1. The zero-order valence-corrected chi connectivity index (χ0v) is 14.9. The molecule has 130 valence electrons. The summed E-state index contributed by atoms with van der Waals surface area (Å²) >= 11 is 6.09. The van der Waals surface area contributed by atoms with Gasteiger partial charge in [-0.15, -0.1) is 0 Å². The second kappa shape index (κ2) is 6.88. The summed E-state index contributed by atoms with van der Waals surface area (Å²) in [6.07, 6.45) is 9.13. The van der Waals surface area contributed by atoms with Crippen LogP contribution in [0.1, 0.15) is 12.8 Å². The predicted molar refractivity (Wildman–Crippen MR) is 98.2 cm³/mol. The highest BCUT2D eigenvalue weighted by Gasteiger charge is 2.23. The Kier molecular flexibility index (Phi) is 4.44. The van der Waals surface area contributed by atoms with Gasteiger partial charge >= 0.3 is 0 Å². The number of fused-ring (bicyclic) bond motifs is 1. The molecule has 0 amide bonds. The van der Waals surface area contributed by atoms with Crippen LogP contribution >= 0.6 is 11.6 Å². The second-order valence-electron chi connectivity index (χ2n) is 6.41. The number of aromatic nitrogens is 4. The zero-order chi connectivity index (χ0) is 17.2. The number of pyridine rings is 1. The smallest absolute Gasteiger partial charge is 0.145 e. The standard InChI is InChI=1S/C18H20ClN5O/c1-23-7-5-14-17(23)21-12-22-18(14)24-8-3-13(4-9-24)11-25-16-2-6-20-10-15(16)19/h2,5-7,10,12-13H,3-4,8-9,11H2,1H3. The van der Waals surface area contributed by atoms with E-state index in [0.717, 1.165) is 42.8 Å². The number of rotatable bonds is 4. The quantitative estimate of drug-likeness (QED) is 0.717. The Balaban J connectivity index is 1.39. The van der Waals surface area contributed by atoms with Gasteiger partial charge in [0.2, 0.25) is 0 Å². The van der Waals surface area contributed by atoms with Crippen molar-refractivity contribution in [2.24, 2.45) is 13.0 Å². The lowest BCUT2D eigenvalue weighted by Gasteiger charge is -2.33. The predicted octanol–water partition coefficient (Wildman–Crippen LogP) is 3.31. The molecule has 6 nitrogen and oxygen atoms in total. The van der Waals surface area contributed by atoms with E-state index in [2.05, 4.69) is 25.9 Å². The van der Waals surface area contributed by atoms with E-state index in [1.165, 1.54) is 0 Å². The normalized spacial score (nSPS) is 15.7. The van der Waals surface area contributed by atoms with Gasteiger partial charge < -0.3 is 14.2 Å². The average Bonchev–Trinajstić information content (AvgIpc) is 3.03. The number of halogens is 1. The third-order valence-corrected chi connectivity index (χ3v) is 5.05. The molecule has 0 bridgehead atoms. The maximum absolute atomic E-state index is 6.09. The molecule has 3 aromatic rings. The van der Waals surface area contributed by atoms with Crippen molar-refractivity contribution >= 4 is 28.5 Å². The molecule has 0 saturated carbocycles. The van der Waals surface area contributed by atoms with Crippen molar-refractivity contribution in [1.82, 2.24) is 19.5 Å². The first-order valence-corrected chi connectivity index (χ1v) is 8.83. The SMILES string of the molecule is Cn1ccc2c(N3CCC(COc4ccncc4Cl)CC3)ncnc21. The van der Waals surface area contributed by atoms with E-state index in [0.29, 0.717) is 23.3 Å². The van der Waals surface area contributed by atoms with E-state index >= 15 is 0 Å². The van der Waals surface area contributed by atoms with Gasteiger partial charge in [0.1, 0.15) is 28.6 Å². The van der Waals surface area contributed by atoms with Crippen LogP contribution in [-0.2, 0) is 7.05 Å². The number of hydrogen-bond donors (Lipinski definition) is 0. The van der Waals surface area contributed by atoms with Crippen molar-refractivity contribution in [2.75, 3.05) is 24.6 Å². The van der Waals surface area contributed by atoms with Gasteiger partial charge in [0.05, 0.1) is 12.0 Å². The molecule has 25 heavy (non-hydrogen) atoms. The fraction of sp³-hybridized carbons (Fsp3) is 0.389. The summed E-state index contributed by atoms with van der Waals surface area (Å²) in [5, 5.41) is 1.68. The Hall–Kier alpha value is -2.34. The Morgan fingerprint density at radius 3 is 2.88 bits per heavy atom. The van der Waals surface area contributed by atoms with Crippen molar-refractivity contribution < 1.29 is 4.74 Å². The third-order valence-electron chi connectivity index (χ3n) is 4.76. The molecule has 1 aliphatic rings. The highest BCUT2D eigenvalue weighted by molar-refractivity contribution is 6.31. The van der Waals surface area contributed by atoms with Gasteiger partial charge in [-0.25, -0.2) is 9.97 Å². The van der Waals surface area contributed by atoms with Crippen molar-refractivity contribution in [1.29, 1.82) is 0 Å². The molecular weight excluding hydrogens is 338 g/mol. The van der Waals surface area contributed by atoms with E-state index < -0.39 is 0 Å². The minimum atomic E-state index is 0.522. The number of anilines is 1. The van der Waals surface area contributed by atoms with E-state index in [9.17, 15) is 0 Å². The molecule has 1 aliphatic heterocycles. The van der Waals surface area contributed by atoms with Gasteiger partial charge in [-0.3, -0.25) is 4.98 Å². The fourth-order valence-corrected chi connectivity index (χ4v) is 3.49. The summed E-state index contributed by atoms with van der Waals surface area (Å²) in [4.78, 5) is 15.2. The maximum atomic E-state index is 6.09. The molecule has 1 saturated heterocycles. The van der Waals surface area contributed by atoms with Gasteiger partial charge in [0.25, 0.3) is 0 Å². The summed E-state index contributed by atoms with van der Waals surface area (Å²) in [6.45, 7) is 2.63. The van der Waals surface area contributed by atoms with E-state index in [4.69, 9.17) is 16.3 Å². The molecule has 1 fully saturated rings. The molecule has 0 spiro atoms. The molecule has 0 atom stereocenters. The molecule has 7 heteroatoms. The highest BCUT2D eigenvalue weighted by atomic mass is 35.5.